The number of aromatic nitrogens is 1. The maximum atomic E-state index is 11.5. The molecule has 0 fully saturated rings. The molecule has 0 unspecified atom stereocenters. The van der Waals surface area contributed by atoms with E-state index in [1.807, 2.05) is 6.92 Å². The largest absolute Gasteiger partial charge is 0.382 e. The molecule has 0 aromatic carbocycles. The lowest BCUT2D eigenvalue weighted by Crippen LogP contribution is -2.20. The van der Waals surface area contributed by atoms with Gasteiger partial charge in [-0.15, -0.1) is 0 Å². The lowest BCUT2D eigenvalue weighted by molar-refractivity contribution is -0.121. The summed E-state index contributed by atoms with van der Waals surface area (Å²) < 4.78 is 10.6. The molecular formula is C11H15BrN2O3. The van der Waals surface area contributed by atoms with E-state index in [2.05, 4.69) is 26.2 Å². The fraction of sp³-hybridized carbons (Fsp3) is 0.455. The van der Waals surface area contributed by atoms with Crippen molar-refractivity contribution in [2.45, 2.75) is 6.92 Å². The van der Waals surface area contributed by atoms with Crippen LogP contribution in [0.5, 0.6) is 0 Å². The van der Waals surface area contributed by atoms with Gasteiger partial charge in [-0.3, -0.25) is 4.79 Å². The lowest BCUT2D eigenvalue weighted by atomic mass is 10.3. The summed E-state index contributed by atoms with van der Waals surface area (Å²) in [6.45, 7) is 2.72. The second-order valence-electron chi connectivity index (χ2n) is 3.36. The molecule has 0 saturated carbocycles. The highest BCUT2D eigenvalue weighted by Gasteiger charge is 2.05. The van der Waals surface area contributed by atoms with Crippen LogP contribution >= 0.6 is 15.9 Å². The number of nitrogens with one attached hydrogen (secondary N) is 1. The molecule has 0 aliphatic carbocycles. The number of amides is 1. The number of pyridine rings is 1. The van der Waals surface area contributed by atoms with Crippen molar-refractivity contribution in [3.05, 3.63) is 22.4 Å². The normalized spacial score (nSPS) is 10.3. The minimum atomic E-state index is -0.201. The van der Waals surface area contributed by atoms with Gasteiger partial charge < -0.3 is 14.8 Å². The van der Waals surface area contributed by atoms with Crippen molar-refractivity contribution in [2.24, 2.45) is 0 Å². The minimum Gasteiger partial charge on any atom is -0.382 e. The number of anilines is 1. The van der Waals surface area contributed by atoms with Gasteiger partial charge in [0, 0.05) is 7.11 Å². The van der Waals surface area contributed by atoms with Gasteiger partial charge in [0.05, 0.1) is 24.6 Å². The van der Waals surface area contributed by atoms with E-state index in [0.717, 1.165) is 10.3 Å². The van der Waals surface area contributed by atoms with Gasteiger partial charge in [0.25, 0.3) is 0 Å². The van der Waals surface area contributed by atoms with E-state index in [9.17, 15) is 4.79 Å². The average Bonchev–Trinajstić information content (AvgIpc) is 2.28. The summed E-state index contributed by atoms with van der Waals surface area (Å²) in [6, 6.07) is 3.56. The Morgan fingerprint density at radius 1 is 1.47 bits per heavy atom. The highest BCUT2D eigenvalue weighted by molar-refractivity contribution is 9.10. The summed E-state index contributed by atoms with van der Waals surface area (Å²) in [7, 11) is 1.58. The molecule has 17 heavy (non-hydrogen) atoms. The standard InChI is InChI=1S/C11H15BrN2O3/c1-8-9(3-4-10(12)13-8)14-11(15)7-17-6-5-16-2/h3-4H,5-7H2,1-2H3,(H,14,15). The number of nitrogens with zero attached hydrogens (tertiary/aromatic N) is 1. The van der Waals surface area contributed by atoms with E-state index < -0.39 is 0 Å². The Balaban J connectivity index is 2.40. The fourth-order valence-electron chi connectivity index (χ4n) is 1.16. The van der Waals surface area contributed by atoms with Crippen LogP contribution in [0.4, 0.5) is 5.69 Å². The van der Waals surface area contributed by atoms with Gasteiger partial charge in [0.1, 0.15) is 11.2 Å². The van der Waals surface area contributed by atoms with Crippen LogP contribution in [0.2, 0.25) is 0 Å². The van der Waals surface area contributed by atoms with Gasteiger partial charge >= 0.3 is 0 Å². The summed E-state index contributed by atoms with van der Waals surface area (Å²) in [6.07, 6.45) is 0. The molecule has 0 aliphatic heterocycles. The van der Waals surface area contributed by atoms with Crippen molar-refractivity contribution in [3.63, 3.8) is 0 Å². The molecular weight excluding hydrogens is 288 g/mol. The van der Waals surface area contributed by atoms with Crippen LogP contribution in [0.25, 0.3) is 0 Å². The summed E-state index contributed by atoms with van der Waals surface area (Å²) in [4.78, 5) is 15.7. The van der Waals surface area contributed by atoms with Gasteiger partial charge in [0.15, 0.2) is 0 Å². The molecule has 5 nitrogen and oxygen atoms in total. The Morgan fingerprint density at radius 3 is 2.88 bits per heavy atom. The summed E-state index contributed by atoms with van der Waals surface area (Å²) >= 11 is 3.26. The molecule has 1 N–H and O–H groups in total. The number of hydrogen-bond acceptors (Lipinski definition) is 4. The zero-order valence-corrected chi connectivity index (χ0v) is 11.4. The fourth-order valence-corrected chi connectivity index (χ4v) is 1.55. The van der Waals surface area contributed by atoms with Crippen molar-refractivity contribution in [3.8, 4) is 0 Å². The van der Waals surface area contributed by atoms with Crippen LogP contribution in [0, 0.1) is 6.92 Å². The number of hydrogen-bond donors (Lipinski definition) is 1. The third-order valence-electron chi connectivity index (χ3n) is 1.99. The first-order valence-corrected chi connectivity index (χ1v) is 5.92. The van der Waals surface area contributed by atoms with Crippen LogP contribution in [0.3, 0.4) is 0 Å². The van der Waals surface area contributed by atoms with E-state index in [-0.39, 0.29) is 12.5 Å². The molecule has 6 heteroatoms. The van der Waals surface area contributed by atoms with Crippen LogP contribution < -0.4 is 5.32 Å². The quantitative estimate of drug-likeness (QED) is 0.642. The second-order valence-corrected chi connectivity index (χ2v) is 4.17. The molecule has 0 atom stereocenters. The van der Waals surface area contributed by atoms with Gasteiger partial charge in [0.2, 0.25) is 5.91 Å². The average molecular weight is 303 g/mol. The molecule has 0 saturated heterocycles. The van der Waals surface area contributed by atoms with Crippen LogP contribution in [-0.4, -0.2) is 37.8 Å². The van der Waals surface area contributed by atoms with Gasteiger partial charge in [-0.1, -0.05) is 0 Å². The number of methoxy groups -OCH3 is 1. The number of carbonyl (C=O) groups excluding carboxylic acids is 1. The Labute approximate surface area is 109 Å². The highest BCUT2D eigenvalue weighted by atomic mass is 79.9. The third kappa shape index (κ3) is 5.25. The molecule has 0 radical (unpaired) electrons. The van der Waals surface area contributed by atoms with E-state index >= 15 is 0 Å². The molecule has 1 heterocycles. The molecule has 1 rings (SSSR count). The zero-order valence-electron chi connectivity index (χ0n) is 9.83. The summed E-state index contributed by atoms with van der Waals surface area (Å²) in [5, 5.41) is 2.73. The lowest BCUT2D eigenvalue weighted by Gasteiger charge is -2.08. The van der Waals surface area contributed by atoms with Crippen molar-refractivity contribution >= 4 is 27.5 Å². The van der Waals surface area contributed by atoms with Gasteiger partial charge in [-0.05, 0) is 35.0 Å². The zero-order chi connectivity index (χ0) is 12.7. The maximum Gasteiger partial charge on any atom is 0.250 e. The molecule has 0 spiro atoms. The second kappa shape index (κ2) is 7.37. The van der Waals surface area contributed by atoms with Crippen molar-refractivity contribution in [1.82, 2.24) is 4.98 Å². The molecule has 1 aromatic heterocycles. The number of carbonyl (C=O) groups is 1. The van der Waals surface area contributed by atoms with Crippen molar-refractivity contribution in [2.75, 3.05) is 32.2 Å². The number of ether oxygens (including phenoxy) is 2. The predicted octanol–water partition coefficient (Wildman–Crippen LogP) is 1.75. The van der Waals surface area contributed by atoms with E-state index in [1.165, 1.54) is 0 Å². The molecule has 0 aliphatic rings. The molecule has 94 valence electrons. The van der Waals surface area contributed by atoms with Crippen molar-refractivity contribution in [1.29, 1.82) is 0 Å². The van der Waals surface area contributed by atoms with E-state index in [0.29, 0.717) is 18.9 Å². The first-order valence-electron chi connectivity index (χ1n) is 5.13. The third-order valence-corrected chi connectivity index (χ3v) is 2.43. The maximum absolute atomic E-state index is 11.5. The molecule has 0 bridgehead atoms. The van der Waals surface area contributed by atoms with Crippen LogP contribution in [0.1, 0.15) is 5.69 Å². The van der Waals surface area contributed by atoms with Crippen LogP contribution in [-0.2, 0) is 14.3 Å². The predicted molar refractivity (Wildman–Crippen MR) is 68.0 cm³/mol. The Morgan fingerprint density at radius 2 is 2.24 bits per heavy atom. The van der Waals surface area contributed by atoms with E-state index in [1.54, 1.807) is 19.2 Å². The van der Waals surface area contributed by atoms with Crippen LogP contribution in [0.15, 0.2) is 16.7 Å². The summed E-state index contributed by atoms with van der Waals surface area (Å²) in [5.74, 6) is -0.201. The Hall–Kier alpha value is -0.980. The number of rotatable bonds is 6. The number of aryl methyl sites for hydroxylation is 1. The molecule has 1 aromatic rings. The van der Waals surface area contributed by atoms with E-state index in [4.69, 9.17) is 9.47 Å². The Kier molecular flexibility index (Phi) is 6.10. The van der Waals surface area contributed by atoms with Gasteiger partial charge in [-0.25, -0.2) is 4.98 Å². The topological polar surface area (TPSA) is 60.5 Å². The van der Waals surface area contributed by atoms with Gasteiger partial charge in [-0.2, -0.15) is 0 Å². The minimum absolute atomic E-state index is 0.0128. The van der Waals surface area contributed by atoms with Crippen molar-refractivity contribution < 1.29 is 14.3 Å². The molecule has 1 amide bonds. The monoisotopic (exact) mass is 302 g/mol. The highest BCUT2D eigenvalue weighted by Crippen LogP contribution is 2.15. The SMILES string of the molecule is COCCOCC(=O)Nc1ccc(Br)nc1C. The Bertz CT molecular complexity index is 385. The first-order chi connectivity index (χ1) is 8.13. The number of halogens is 1. The summed E-state index contributed by atoms with van der Waals surface area (Å²) in [5.41, 5.74) is 1.44. The smallest absolute Gasteiger partial charge is 0.250 e. The first kappa shape index (κ1) is 14.1.